The maximum Gasteiger partial charge on any atom is 0.406 e. The maximum absolute atomic E-state index is 12.9. The smallest absolute Gasteiger partial charge is 0.292 e. The van der Waals surface area contributed by atoms with Crippen molar-refractivity contribution in [3.8, 4) is 0 Å². The molecule has 2 aliphatic rings. The summed E-state index contributed by atoms with van der Waals surface area (Å²) in [6.07, 6.45) is -4.76. The van der Waals surface area contributed by atoms with Gasteiger partial charge in [-0.1, -0.05) is 18.2 Å². The van der Waals surface area contributed by atoms with E-state index in [4.69, 9.17) is 0 Å². The minimum Gasteiger partial charge on any atom is -0.292 e. The van der Waals surface area contributed by atoms with Gasteiger partial charge in [-0.05, 0) is 25.0 Å². The van der Waals surface area contributed by atoms with Crippen molar-refractivity contribution in [2.24, 2.45) is 0 Å². The molecule has 2 amide bonds. The highest BCUT2D eigenvalue weighted by atomic mass is 19.4. The van der Waals surface area contributed by atoms with Crippen LogP contribution < -0.4 is 10.2 Å². The number of amides is 2. The first kappa shape index (κ1) is 14.1. The molecule has 21 heavy (non-hydrogen) atoms. The fourth-order valence-corrected chi connectivity index (χ4v) is 2.56. The second-order valence-electron chi connectivity index (χ2n) is 5.38. The van der Waals surface area contributed by atoms with Gasteiger partial charge < -0.3 is 0 Å². The Labute approximate surface area is 118 Å². The lowest BCUT2D eigenvalue weighted by Crippen LogP contribution is -2.52. The normalized spacial score (nSPS) is 24.5. The van der Waals surface area contributed by atoms with Gasteiger partial charge in [0.15, 0.2) is 0 Å². The molecular weight excluding hydrogens is 285 g/mol. The van der Waals surface area contributed by atoms with Crippen LogP contribution in [-0.2, 0) is 9.59 Å². The van der Waals surface area contributed by atoms with Crippen molar-refractivity contribution in [3.63, 3.8) is 0 Å². The molecule has 1 aliphatic carbocycles. The van der Waals surface area contributed by atoms with Gasteiger partial charge in [0.1, 0.15) is 5.54 Å². The van der Waals surface area contributed by atoms with Gasteiger partial charge >= 0.3 is 6.18 Å². The number of rotatable bonds is 3. The van der Waals surface area contributed by atoms with Gasteiger partial charge in [0.05, 0.1) is 18.2 Å². The van der Waals surface area contributed by atoms with Crippen LogP contribution in [0, 0.1) is 0 Å². The SMILES string of the molecule is O=C1CC(NC2(C(F)(F)F)CC2)C(=O)N1c1ccccc1. The molecule has 112 valence electrons. The summed E-state index contributed by atoms with van der Waals surface area (Å²) in [4.78, 5) is 25.1. The van der Waals surface area contributed by atoms with Crippen LogP contribution in [0.1, 0.15) is 19.3 Å². The molecule has 1 aromatic carbocycles. The van der Waals surface area contributed by atoms with E-state index in [2.05, 4.69) is 5.32 Å². The van der Waals surface area contributed by atoms with Crippen LogP contribution in [0.3, 0.4) is 0 Å². The predicted molar refractivity (Wildman–Crippen MR) is 68.5 cm³/mol. The van der Waals surface area contributed by atoms with Crippen LogP contribution in [-0.4, -0.2) is 29.6 Å². The third-order valence-corrected chi connectivity index (χ3v) is 3.90. The fraction of sp³-hybridized carbons (Fsp3) is 0.429. The zero-order valence-electron chi connectivity index (χ0n) is 11.0. The van der Waals surface area contributed by atoms with Crippen LogP contribution in [0.4, 0.5) is 18.9 Å². The van der Waals surface area contributed by atoms with E-state index >= 15 is 0 Å². The molecule has 0 bridgehead atoms. The summed E-state index contributed by atoms with van der Waals surface area (Å²) in [5, 5.41) is 2.35. The maximum atomic E-state index is 12.9. The highest BCUT2D eigenvalue weighted by Crippen LogP contribution is 2.49. The third-order valence-electron chi connectivity index (χ3n) is 3.90. The molecule has 1 aromatic rings. The van der Waals surface area contributed by atoms with Crippen molar-refractivity contribution < 1.29 is 22.8 Å². The number of nitrogens with one attached hydrogen (secondary N) is 1. The number of halogens is 3. The number of hydrogen-bond acceptors (Lipinski definition) is 3. The lowest BCUT2D eigenvalue weighted by molar-refractivity contribution is -0.168. The van der Waals surface area contributed by atoms with Crippen molar-refractivity contribution >= 4 is 17.5 Å². The zero-order chi connectivity index (χ0) is 15.3. The van der Waals surface area contributed by atoms with E-state index in [1.807, 2.05) is 0 Å². The molecule has 1 aliphatic heterocycles. The molecule has 3 rings (SSSR count). The summed E-state index contributed by atoms with van der Waals surface area (Å²) in [6.45, 7) is 0. The van der Waals surface area contributed by atoms with Gasteiger partial charge in [0.25, 0.3) is 5.91 Å². The second kappa shape index (κ2) is 4.56. The summed E-state index contributed by atoms with van der Waals surface area (Å²) in [5.41, 5.74) is -1.62. The van der Waals surface area contributed by atoms with E-state index in [0.717, 1.165) is 4.90 Å². The molecule has 2 fully saturated rings. The molecule has 4 nitrogen and oxygen atoms in total. The Hall–Kier alpha value is -1.89. The predicted octanol–water partition coefficient (Wildman–Crippen LogP) is 2.00. The lowest BCUT2D eigenvalue weighted by Gasteiger charge is -2.24. The average molecular weight is 298 g/mol. The summed E-state index contributed by atoms with van der Waals surface area (Å²) >= 11 is 0. The second-order valence-corrected chi connectivity index (χ2v) is 5.38. The Bertz CT molecular complexity index is 582. The summed E-state index contributed by atoms with van der Waals surface area (Å²) in [5.74, 6) is -1.11. The molecule has 0 spiro atoms. The summed E-state index contributed by atoms with van der Waals surface area (Å²) < 4.78 is 38.8. The van der Waals surface area contributed by atoms with E-state index in [0.29, 0.717) is 5.69 Å². The highest BCUT2D eigenvalue weighted by Gasteiger charge is 2.65. The topological polar surface area (TPSA) is 49.4 Å². The molecule has 1 saturated heterocycles. The number of alkyl halides is 3. The fourth-order valence-electron chi connectivity index (χ4n) is 2.56. The first-order valence-corrected chi connectivity index (χ1v) is 6.60. The standard InChI is InChI=1S/C14H13F3N2O2/c15-14(16,17)13(6-7-13)18-10-8-11(20)19(12(10)21)9-4-2-1-3-5-9/h1-5,10,18H,6-8H2. The number of carbonyl (C=O) groups is 2. The molecule has 0 aromatic heterocycles. The number of hydrogen-bond donors (Lipinski definition) is 1. The van der Waals surface area contributed by atoms with Crippen molar-refractivity contribution in [3.05, 3.63) is 30.3 Å². The molecule has 1 saturated carbocycles. The summed E-state index contributed by atoms with van der Waals surface area (Å²) in [7, 11) is 0. The molecule has 1 N–H and O–H groups in total. The number of para-hydroxylation sites is 1. The van der Waals surface area contributed by atoms with E-state index in [-0.39, 0.29) is 19.3 Å². The molecular formula is C14H13F3N2O2. The van der Waals surface area contributed by atoms with Crippen LogP contribution in [0.2, 0.25) is 0 Å². The quantitative estimate of drug-likeness (QED) is 0.868. The largest absolute Gasteiger partial charge is 0.406 e. The molecule has 1 heterocycles. The minimum absolute atomic E-state index is 0.0557. The Morgan fingerprint density at radius 2 is 1.76 bits per heavy atom. The van der Waals surface area contributed by atoms with E-state index in [1.54, 1.807) is 30.3 Å². The van der Waals surface area contributed by atoms with Crippen molar-refractivity contribution in [2.45, 2.75) is 37.0 Å². The van der Waals surface area contributed by atoms with Gasteiger partial charge in [-0.25, -0.2) is 4.90 Å². The number of nitrogens with zero attached hydrogens (tertiary/aromatic N) is 1. The molecule has 1 unspecified atom stereocenters. The molecule has 0 radical (unpaired) electrons. The van der Waals surface area contributed by atoms with Crippen molar-refractivity contribution in [1.29, 1.82) is 0 Å². The number of imide groups is 1. The van der Waals surface area contributed by atoms with Gasteiger partial charge in [-0.2, -0.15) is 13.2 Å². The number of carbonyl (C=O) groups excluding carboxylic acids is 2. The van der Waals surface area contributed by atoms with Gasteiger partial charge in [-0.15, -0.1) is 0 Å². The number of benzene rings is 1. The Morgan fingerprint density at radius 3 is 2.29 bits per heavy atom. The van der Waals surface area contributed by atoms with Crippen molar-refractivity contribution in [2.75, 3.05) is 4.90 Å². The third kappa shape index (κ3) is 2.31. The van der Waals surface area contributed by atoms with Crippen LogP contribution in [0.5, 0.6) is 0 Å². The first-order valence-electron chi connectivity index (χ1n) is 6.60. The highest BCUT2D eigenvalue weighted by molar-refractivity contribution is 6.22. The minimum atomic E-state index is -4.41. The zero-order valence-corrected chi connectivity index (χ0v) is 11.0. The monoisotopic (exact) mass is 298 g/mol. The van der Waals surface area contributed by atoms with E-state index < -0.39 is 29.6 Å². The lowest BCUT2D eigenvalue weighted by atomic mass is 10.1. The van der Waals surface area contributed by atoms with Gasteiger partial charge in [-0.3, -0.25) is 14.9 Å². The van der Waals surface area contributed by atoms with Crippen LogP contribution in [0.15, 0.2) is 30.3 Å². The van der Waals surface area contributed by atoms with Crippen LogP contribution in [0.25, 0.3) is 0 Å². The average Bonchev–Trinajstić information content (AvgIpc) is 3.14. The first-order chi connectivity index (χ1) is 9.84. The molecule has 7 heteroatoms. The Kier molecular flexibility index (Phi) is 3.05. The van der Waals surface area contributed by atoms with Crippen molar-refractivity contribution in [1.82, 2.24) is 5.32 Å². The van der Waals surface area contributed by atoms with Crippen LogP contribution >= 0.6 is 0 Å². The summed E-state index contributed by atoms with van der Waals surface area (Å²) in [6, 6.07) is 7.10. The Morgan fingerprint density at radius 1 is 1.14 bits per heavy atom. The molecule has 1 atom stereocenters. The Balaban J connectivity index is 1.79. The van der Waals surface area contributed by atoms with Gasteiger partial charge in [0.2, 0.25) is 5.91 Å². The number of anilines is 1. The van der Waals surface area contributed by atoms with E-state index in [9.17, 15) is 22.8 Å². The van der Waals surface area contributed by atoms with Gasteiger partial charge in [0, 0.05) is 0 Å². The van der Waals surface area contributed by atoms with E-state index in [1.165, 1.54) is 0 Å².